The van der Waals surface area contributed by atoms with Gasteiger partial charge in [-0.3, -0.25) is 4.79 Å². The second-order valence-electron chi connectivity index (χ2n) is 7.96. The summed E-state index contributed by atoms with van der Waals surface area (Å²) in [6, 6.07) is 6.17. The van der Waals surface area contributed by atoms with Crippen LogP contribution in [-0.4, -0.2) is 31.6 Å². The number of hydrogen-bond acceptors (Lipinski definition) is 3. The zero-order valence-electron chi connectivity index (χ0n) is 15.6. The predicted octanol–water partition coefficient (Wildman–Crippen LogP) is 3.52. The normalized spacial score (nSPS) is 17.1. The van der Waals surface area contributed by atoms with E-state index in [9.17, 15) is 9.18 Å². The summed E-state index contributed by atoms with van der Waals surface area (Å²) < 4.78 is 19.3. The molecule has 0 spiro atoms. The third-order valence-corrected chi connectivity index (χ3v) is 4.86. The molecule has 5 heteroatoms. The summed E-state index contributed by atoms with van der Waals surface area (Å²) in [6.45, 7) is 8.50. The molecule has 1 unspecified atom stereocenters. The van der Waals surface area contributed by atoms with Gasteiger partial charge in [-0.1, -0.05) is 32.9 Å². The van der Waals surface area contributed by atoms with E-state index < -0.39 is 0 Å². The highest BCUT2D eigenvalue weighted by molar-refractivity contribution is 5.76. The van der Waals surface area contributed by atoms with Crippen molar-refractivity contribution in [3.05, 3.63) is 30.1 Å². The SMILES string of the molecule is CC(C)(C)C(COc1ccccc1F)NC(=O)CCC1CCNCC1. The molecule has 0 aromatic heterocycles. The smallest absolute Gasteiger partial charge is 0.220 e. The molecule has 0 aliphatic carbocycles. The van der Waals surface area contributed by atoms with Crippen LogP contribution in [-0.2, 0) is 4.79 Å². The van der Waals surface area contributed by atoms with Crippen molar-refractivity contribution < 1.29 is 13.9 Å². The van der Waals surface area contributed by atoms with Crippen molar-refractivity contribution in [2.75, 3.05) is 19.7 Å². The summed E-state index contributed by atoms with van der Waals surface area (Å²) in [7, 11) is 0. The molecule has 0 bridgehead atoms. The standard InChI is InChI=1S/C20H31FN2O2/c1-20(2,3)18(14-25-17-7-5-4-6-16(17)21)23-19(24)9-8-15-10-12-22-13-11-15/h4-7,15,18,22H,8-14H2,1-3H3,(H,23,24). The van der Waals surface area contributed by atoms with Crippen LogP contribution in [0, 0.1) is 17.2 Å². The summed E-state index contributed by atoms with van der Waals surface area (Å²) in [6.07, 6.45) is 3.76. The van der Waals surface area contributed by atoms with E-state index in [2.05, 4.69) is 31.4 Å². The lowest BCUT2D eigenvalue weighted by atomic mass is 9.87. The topological polar surface area (TPSA) is 50.4 Å². The van der Waals surface area contributed by atoms with Gasteiger partial charge in [0, 0.05) is 6.42 Å². The number of nitrogens with one attached hydrogen (secondary N) is 2. The monoisotopic (exact) mass is 350 g/mol. The average molecular weight is 350 g/mol. The number of benzene rings is 1. The van der Waals surface area contributed by atoms with Crippen LogP contribution in [0.5, 0.6) is 5.75 Å². The van der Waals surface area contributed by atoms with Gasteiger partial charge in [-0.15, -0.1) is 0 Å². The van der Waals surface area contributed by atoms with Crippen LogP contribution < -0.4 is 15.4 Å². The number of carbonyl (C=O) groups excluding carboxylic acids is 1. The van der Waals surface area contributed by atoms with Crippen molar-refractivity contribution in [1.29, 1.82) is 0 Å². The van der Waals surface area contributed by atoms with Crippen LogP contribution in [0.2, 0.25) is 0 Å². The van der Waals surface area contributed by atoms with Gasteiger partial charge in [-0.25, -0.2) is 4.39 Å². The number of para-hydroxylation sites is 1. The number of carbonyl (C=O) groups is 1. The number of ether oxygens (including phenoxy) is 1. The molecule has 4 nitrogen and oxygen atoms in total. The molecule has 2 N–H and O–H groups in total. The van der Waals surface area contributed by atoms with E-state index in [1.807, 2.05) is 0 Å². The lowest BCUT2D eigenvalue weighted by molar-refractivity contribution is -0.123. The Morgan fingerprint density at radius 2 is 2.00 bits per heavy atom. The Bertz CT molecular complexity index is 551. The van der Waals surface area contributed by atoms with Crippen molar-refractivity contribution in [3.63, 3.8) is 0 Å². The maximum atomic E-state index is 13.7. The highest BCUT2D eigenvalue weighted by atomic mass is 19.1. The van der Waals surface area contributed by atoms with Crippen molar-refractivity contribution in [2.24, 2.45) is 11.3 Å². The molecule has 1 saturated heterocycles. The molecule has 1 amide bonds. The van der Waals surface area contributed by atoms with Gasteiger partial charge >= 0.3 is 0 Å². The molecule has 25 heavy (non-hydrogen) atoms. The van der Waals surface area contributed by atoms with Crippen LogP contribution in [0.15, 0.2) is 24.3 Å². The second-order valence-corrected chi connectivity index (χ2v) is 7.96. The van der Waals surface area contributed by atoms with Gasteiger partial charge in [0.2, 0.25) is 5.91 Å². The highest BCUT2D eigenvalue weighted by Crippen LogP contribution is 2.23. The molecular formula is C20H31FN2O2. The molecule has 1 aromatic carbocycles. The lowest BCUT2D eigenvalue weighted by Gasteiger charge is -2.31. The molecule has 140 valence electrons. The molecule has 0 saturated carbocycles. The van der Waals surface area contributed by atoms with E-state index in [0.29, 0.717) is 12.3 Å². The lowest BCUT2D eigenvalue weighted by Crippen LogP contribution is -2.47. The largest absolute Gasteiger partial charge is 0.488 e. The maximum absolute atomic E-state index is 13.7. The van der Waals surface area contributed by atoms with Crippen LogP contribution in [0.25, 0.3) is 0 Å². The molecule has 2 rings (SSSR count). The number of piperidine rings is 1. The Labute approximate surface area is 150 Å². The zero-order chi connectivity index (χ0) is 18.3. The van der Waals surface area contributed by atoms with Crippen LogP contribution in [0.4, 0.5) is 4.39 Å². The molecular weight excluding hydrogens is 319 g/mol. The number of rotatable bonds is 7. The molecule has 1 atom stereocenters. The fourth-order valence-corrected chi connectivity index (χ4v) is 3.02. The van der Waals surface area contributed by atoms with E-state index in [-0.39, 0.29) is 35.5 Å². The third-order valence-electron chi connectivity index (χ3n) is 4.86. The Morgan fingerprint density at radius 3 is 2.64 bits per heavy atom. The molecule has 1 aliphatic rings. The predicted molar refractivity (Wildman–Crippen MR) is 98.1 cm³/mol. The van der Waals surface area contributed by atoms with Gasteiger partial charge in [0.25, 0.3) is 0 Å². The van der Waals surface area contributed by atoms with Crippen LogP contribution in [0.1, 0.15) is 46.5 Å². The van der Waals surface area contributed by atoms with Crippen molar-refractivity contribution >= 4 is 5.91 Å². The van der Waals surface area contributed by atoms with Crippen LogP contribution >= 0.6 is 0 Å². The summed E-state index contributed by atoms with van der Waals surface area (Å²) in [5, 5.41) is 6.43. The molecule has 1 fully saturated rings. The van der Waals surface area contributed by atoms with Gasteiger partial charge in [0.05, 0.1) is 6.04 Å². The van der Waals surface area contributed by atoms with Crippen LogP contribution in [0.3, 0.4) is 0 Å². The van der Waals surface area contributed by atoms with E-state index in [1.54, 1.807) is 18.2 Å². The van der Waals surface area contributed by atoms with Gasteiger partial charge in [-0.2, -0.15) is 0 Å². The van der Waals surface area contributed by atoms with Gasteiger partial charge in [-0.05, 0) is 55.8 Å². The number of hydrogen-bond donors (Lipinski definition) is 2. The Kier molecular flexibility index (Phi) is 7.24. The molecule has 1 aliphatic heterocycles. The first-order chi connectivity index (χ1) is 11.9. The first-order valence-electron chi connectivity index (χ1n) is 9.23. The average Bonchev–Trinajstić information content (AvgIpc) is 2.58. The number of halogens is 1. The van der Waals surface area contributed by atoms with Crippen molar-refractivity contribution in [2.45, 2.75) is 52.5 Å². The van der Waals surface area contributed by atoms with Gasteiger partial charge < -0.3 is 15.4 Å². The van der Waals surface area contributed by atoms with Gasteiger partial charge in [0.15, 0.2) is 11.6 Å². The Hall–Kier alpha value is -1.62. The summed E-state index contributed by atoms with van der Waals surface area (Å²) >= 11 is 0. The summed E-state index contributed by atoms with van der Waals surface area (Å²) in [5.41, 5.74) is -0.171. The first kappa shape index (κ1) is 19.7. The quantitative estimate of drug-likeness (QED) is 0.791. The van der Waals surface area contributed by atoms with E-state index in [1.165, 1.54) is 6.07 Å². The van der Waals surface area contributed by atoms with Crippen molar-refractivity contribution in [3.8, 4) is 5.75 Å². The summed E-state index contributed by atoms with van der Waals surface area (Å²) in [5.74, 6) is 0.526. The molecule has 0 radical (unpaired) electrons. The third kappa shape index (κ3) is 6.65. The first-order valence-corrected chi connectivity index (χ1v) is 9.23. The zero-order valence-corrected chi connectivity index (χ0v) is 15.6. The van der Waals surface area contributed by atoms with Crippen molar-refractivity contribution in [1.82, 2.24) is 10.6 Å². The van der Waals surface area contributed by atoms with E-state index >= 15 is 0 Å². The molecule has 1 aromatic rings. The minimum absolute atomic E-state index is 0.0515. The second kappa shape index (κ2) is 9.18. The van der Waals surface area contributed by atoms with E-state index in [4.69, 9.17) is 4.74 Å². The Balaban J connectivity index is 1.84. The van der Waals surface area contributed by atoms with E-state index in [0.717, 1.165) is 32.4 Å². The minimum atomic E-state index is -0.382. The number of amides is 1. The highest BCUT2D eigenvalue weighted by Gasteiger charge is 2.27. The molecule has 1 heterocycles. The Morgan fingerprint density at radius 1 is 1.32 bits per heavy atom. The summed E-state index contributed by atoms with van der Waals surface area (Å²) in [4.78, 5) is 12.4. The van der Waals surface area contributed by atoms with Gasteiger partial charge in [0.1, 0.15) is 6.61 Å². The fraction of sp³-hybridized carbons (Fsp3) is 0.650. The fourth-order valence-electron chi connectivity index (χ4n) is 3.02. The minimum Gasteiger partial charge on any atom is -0.488 e. The maximum Gasteiger partial charge on any atom is 0.220 e.